The van der Waals surface area contributed by atoms with E-state index >= 15 is 0 Å². The van der Waals surface area contributed by atoms with Gasteiger partial charge in [0.2, 0.25) is 5.91 Å². The monoisotopic (exact) mass is 318 g/mol. The molecular formula is C15H18N4O4. The van der Waals surface area contributed by atoms with E-state index < -0.39 is 11.2 Å². The summed E-state index contributed by atoms with van der Waals surface area (Å²) in [6, 6.07) is 1.56. The van der Waals surface area contributed by atoms with Gasteiger partial charge in [-0.2, -0.15) is 0 Å². The van der Waals surface area contributed by atoms with Crippen LogP contribution in [0.1, 0.15) is 12.8 Å². The van der Waals surface area contributed by atoms with Crippen LogP contribution in [0.5, 0.6) is 0 Å². The van der Waals surface area contributed by atoms with Gasteiger partial charge in [-0.15, -0.1) is 0 Å². The van der Waals surface area contributed by atoms with Gasteiger partial charge in [-0.1, -0.05) is 0 Å². The Morgan fingerprint density at radius 3 is 2.65 bits per heavy atom. The number of aryl methyl sites for hydroxylation is 1. The lowest BCUT2D eigenvalue weighted by atomic mass is 9.99. The molecule has 8 nitrogen and oxygen atoms in total. The van der Waals surface area contributed by atoms with Crippen molar-refractivity contribution in [2.45, 2.75) is 12.8 Å². The van der Waals surface area contributed by atoms with Gasteiger partial charge in [0.25, 0.3) is 5.56 Å². The van der Waals surface area contributed by atoms with Gasteiger partial charge in [-0.05, 0) is 18.9 Å². The van der Waals surface area contributed by atoms with Crippen LogP contribution in [0.25, 0.3) is 11.0 Å². The third kappa shape index (κ3) is 2.77. The summed E-state index contributed by atoms with van der Waals surface area (Å²) in [5.74, 6) is -0.196. The van der Waals surface area contributed by atoms with E-state index in [0.717, 1.165) is 4.57 Å². The lowest BCUT2D eigenvalue weighted by Crippen LogP contribution is -2.37. The maximum Gasteiger partial charge on any atom is 0.332 e. The summed E-state index contributed by atoms with van der Waals surface area (Å²) < 4.78 is 7.57. The quantitative estimate of drug-likeness (QED) is 0.841. The third-order valence-electron chi connectivity index (χ3n) is 4.15. The number of ether oxygens (including phenoxy) is 1. The molecule has 1 N–H and O–H groups in total. The second-order valence-electron chi connectivity index (χ2n) is 5.68. The molecule has 1 aliphatic rings. The lowest BCUT2D eigenvalue weighted by molar-refractivity contribution is -0.122. The highest BCUT2D eigenvalue weighted by molar-refractivity contribution is 5.94. The van der Waals surface area contributed by atoms with E-state index in [-0.39, 0.29) is 11.8 Å². The van der Waals surface area contributed by atoms with Crippen molar-refractivity contribution in [2.24, 2.45) is 20.0 Å². The minimum absolute atomic E-state index is 0.0950. The molecule has 0 atom stereocenters. The highest BCUT2D eigenvalue weighted by Gasteiger charge is 2.22. The van der Waals surface area contributed by atoms with Crippen molar-refractivity contribution in [1.82, 2.24) is 14.1 Å². The summed E-state index contributed by atoms with van der Waals surface area (Å²) in [4.78, 5) is 40.5. The molecule has 0 radical (unpaired) electrons. The average Bonchev–Trinajstić information content (AvgIpc) is 2.58. The van der Waals surface area contributed by atoms with Crippen molar-refractivity contribution >= 4 is 22.6 Å². The molecule has 8 heteroatoms. The number of pyridine rings is 1. The van der Waals surface area contributed by atoms with Crippen molar-refractivity contribution in [2.75, 3.05) is 18.5 Å². The molecule has 3 heterocycles. The van der Waals surface area contributed by atoms with Crippen molar-refractivity contribution in [3.05, 3.63) is 33.1 Å². The Labute approximate surface area is 131 Å². The molecular weight excluding hydrogens is 300 g/mol. The molecule has 0 aliphatic carbocycles. The number of hydrogen-bond acceptors (Lipinski definition) is 5. The maximum absolute atomic E-state index is 12.2. The van der Waals surface area contributed by atoms with Crippen LogP contribution in [0.15, 0.2) is 21.9 Å². The Bertz CT molecular complexity index is 877. The van der Waals surface area contributed by atoms with Crippen LogP contribution in [0.3, 0.4) is 0 Å². The Hall–Kier alpha value is -2.48. The Kier molecular flexibility index (Phi) is 3.99. The highest BCUT2D eigenvalue weighted by atomic mass is 16.5. The number of aromatic nitrogens is 3. The van der Waals surface area contributed by atoms with Crippen LogP contribution >= 0.6 is 0 Å². The number of nitrogens with one attached hydrogen (secondary N) is 1. The zero-order valence-corrected chi connectivity index (χ0v) is 13.0. The van der Waals surface area contributed by atoms with Crippen molar-refractivity contribution in [3.63, 3.8) is 0 Å². The van der Waals surface area contributed by atoms with Crippen LogP contribution in [0, 0.1) is 5.92 Å². The molecule has 1 aliphatic heterocycles. The summed E-state index contributed by atoms with van der Waals surface area (Å²) in [6.07, 6.45) is 2.82. The second-order valence-corrected chi connectivity index (χ2v) is 5.68. The standard InChI is InChI=1S/C15H18N4O4/c1-18-12-11(14(21)19(2)15(18)22)7-10(8-16-12)17-13(20)9-3-5-23-6-4-9/h7-9H,3-6H2,1-2H3,(H,17,20). The number of carbonyl (C=O) groups excluding carboxylic acids is 1. The molecule has 0 unspecified atom stereocenters. The molecule has 2 aromatic rings. The van der Waals surface area contributed by atoms with E-state index in [1.807, 2.05) is 0 Å². The molecule has 23 heavy (non-hydrogen) atoms. The fraction of sp³-hybridized carbons (Fsp3) is 0.467. The molecule has 1 amide bonds. The number of rotatable bonds is 2. The lowest BCUT2D eigenvalue weighted by Gasteiger charge is -2.21. The summed E-state index contributed by atoms with van der Waals surface area (Å²) in [5.41, 5.74) is -0.126. The van der Waals surface area contributed by atoms with Gasteiger partial charge in [-0.3, -0.25) is 18.7 Å². The van der Waals surface area contributed by atoms with Crippen LogP contribution in [-0.2, 0) is 23.6 Å². The molecule has 1 saturated heterocycles. The zero-order chi connectivity index (χ0) is 16.6. The summed E-state index contributed by atoms with van der Waals surface area (Å²) >= 11 is 0. The molecule has 0 saturated carbocycles. The van der Waals surface area contributed by atoms with Crippen molar-refractivity contribution in [3.8, 4) is 0 Å². The van der Waals surface area contributed by atoms with Gasteiger partial charge >= 0.3 is 5.69 Å². The first-order valence-corrected chi connectivity index (χ1v) is 7.43. The zero-order valence-electron chi connectivity index (χ0n) is 13.0. The molecule has 0 aromatic carbocycles. The fourth-order valence-electron chi connectivity index (χ4n) is 2.74. The van der Waals surface area contributed by atoms with E-state index in [9.17, 15) is 14.4 Å². The predicted octanol–water partition coefficient (Wildman–Crippen LogP) is -0.00270. The normalized spacial score (nSPS) is 15.7. The number of hydrogen-bond donors (Lipinski definition) is 1. The van der Waals surface area contributed by atoms with Gasteiger partial charge in [0.05, 0.1) is 17.3 Å². The summed E-state index contributed by atoms with van der Waals surface area (Å²) in [5, 5.41) is 3.08. The highest BCUT2D eigenvalue weighted by Crippen LogP contribution is 2.18. The number of fused-ring (bicyclic) bond motifs is 1. The van der Waals surface area contributed by atoms with E-state index in [1.165, 1.54) is 17.8 Å². The molecule has 1 fully saturated rings. The topological polar surface area (TPSA) is 95.2 Å². The third-order valence-corrected chi connectivity index (χ3v) is 4.15. The van der Waals surface area contributed by atoms with Gasteiger partial charge in [0.15, 0.2) is 0 Å². The first-order chi connectivity index (χ1) is 11.0. The van der Waals surface area contributed by atoms with Crippen LogP contribution in [-0.4, -0.2) is 33.2 Å². The van der Waals surface area contributed by atoms with E-state index in [4.69, 9.17) is 4.74 Å². The van der Waals surface area contributed by atoms with Crippen molar-refractivity contribution < 1.29 is 9.53 Å². The van der Waals surface area contributed by atoms with Gasteiger partial charge in [0.1, 0.15) is 5.65 Å². The van der Waals surface area contributed by atoms with E-state index in [1.54, 1.807) is 13.1 Å². The van der Waals surface area contributed by atoms with Gasteiger partial charge < -0.3 is 10.1 Å². The largest absolute Gasteiger partial charge is 0.381 e. The van der Waals surface area contributed by atoms with Gasteiger partial charge in [-0.25, -0.2) is 9.78 Å². The van der Waals surface area contributed by atoms with E-state index in [2.05, 4.69) is 10.3 Å². The minimum Gasteiger partial charge on any atom is -0.381 e. The smallest absolute Gasteiger partial charge is 0.332 e. The van der Waals surface area contributed by atoms with Gasteiger partial charge in [0, 0.05) is 33.2 Å². The van der Waals surface area contributed by atoms with Crippen LogP contribution < -0.4 is 16.6 Å². The average molecular weight is 318 g/mol. The predicted molar refractivity (Wildman–Crippen MR) is 84.4 cm³/mol. The number of carbonyl (C=O) groups is 1. The second kappa shape index (κ2) is 5.96. The maximum atomic E-state index is 12.2. The van der Waals surface area contributed by atoms with Crippen LogP contribution in [0.4, 0.5) is 5.69 Å². The van der Waals surface area contributed by atoms with E-state index in [0.29, 0.717) is 42.8 Å². The molecule has 2 aromatic heterocycles. The number of anilines is 1. The Morgan fingerprint density at radius 1 is 1.26 bits per heavy atom. The molecule has 0 spiro atoms. The Balaban J connectivity index is 1.95. The molecule has 3 rings (SSSR count). The Morgan fingerprint density at radius 2 is 1.96 bits per heavy atom. The first kappa shape index (κ1) is 15.4. The summed E-state index contributed by atoms with van der Waals surface area (Å²) in [7, 11) is 2.97. The van der Waals surface area contributed by atoms with Crippen molar-refractivity contribution in [1.29, 1.82) is 0 Å². The molecule has 0 bridgehead atoms. The summed E-state index contributed by atoms with van der Waals surface area (Å²) in [6.45, 7) is 1.16. The first-order valence-electron chi connectivity index (χ1n) is 7.43. The number of nitrogens with zero attached hydrogens (tertiary/aromatic N) is 3. The SMILES string of the molecule is Cn1c(=O)c2cc(NC(=O)C3CCOCC3)cnc2n(C)c1=O. The fourth-order valence-corrected chi connectivity index (χ4v) is 2.74. The molecule has 122 valence electrons. The number of amides is 1. The minimum atomic E-state index is -0.436. The van der Waals surface area contributed by atoms with Crippen LogP contribution in [0.2, 0.25) is 0 Å².